The summed E-state index contributed by atoms with van der Waals surface area (Å²) in [5.41, 5.74) is 3.52. The second kappa shape index (κ2) is 6.77. The van der Waals surface area contributed by atoms with E-state index in [1.807, 2.05) is 12.3 Å². The fraction of sp³-hybridized carbons (Fsp3) is 0.444. The van der Waals surface area contributed by atoms with Gasteiger partial charge in [-0.05, 0) is 44.4 Å². The molecule has 1 aliphatic rings. The third kappa shape index (κ3) is 3.75. The Labute approximate surface area is 132 Å². The van der Waals surface area contributed by atoms with Gasteiger partial charge >= 0.3 is 0 Å². The topological polar surface area (TPSA) is 49.8 Å². The number of rotatable bonds is 4. The Hall–Kier alpha value is -2.10. The Balaban J connectivity index is 1.70. The van der Waals surface area contributed by atoms with Crippen LogP contribution >= 0.6 is 0 Å². The summed E-state index contributed by atoms with van der Waals surface area (Å²) in [6.07, 6.45) is 8.28. The Morgan fingerprint density at radius 1 is 1.05 bits per heavy atom. The van der Waals surface area contributed by atoms with Crippen molar-refractivity contribution < 1.29 is 0 Å². The van der Waals surface area contributed by atoms with Crippen LogP contribution in [0, 0.1) is 13.8 Å². The summed E-state index contributed by atoms with van der Waals surface area (Å²) in [5, 5.41) is 6.85. The van der Waals surface area contributed by atoms with E-state index in [0.29, 0.717) is 12.0 Å². The van der Waals surface area contributed by atoms with E-state index in [0.717, 1.165) is 11.5 Å². The Morgan fingerprint density at radius 2 is 1.86 bits per heavy atom. The van der Waals surface area contributed by atoms with Gasteiger partial charge in [0.2, 0.25) is 5.95 Å². The molecular formula is C18H24N4. The van der Waals surface area contributed by atoms with Crippen molar-refractivity contribution in [2.75, 3.05) is 10.6 Å². The normalized spacial score (nSPS) is 15.5. The summed E-state index contributed by atoms with van der Waals surface area (Å²) in [7, 11) is 0. The molecule has 4 nitrogen and oxygen atoms in total. The van der Waals surface area contributed by atoms with Gasteiger partial charge in [0.1, 0.15) is 5.82 Å². The van der Waals surface area contributed by atoms with Crippen molar-refractivity contribution >= 4 is 17.5 Å². The maximum Gasteiger partial charge on any atom is 0.229 e. The smallest absolute Gasteiger partial charge is 0.229 e. The molecule has 116 valence electrons. The molecule has 0 spiro atoms. The Kier molecular flexibility index (Phi) is 4.56. The zero-order chi connectivity index (χ0) is 15.4. The molecule has 0 aliphatic heterocycles. The molecule has 2 aromatic rings. The lowest BCUT2D eigenvalue weighted by atomic mass is 9.95. The van der Waals surface area contributed by atoms with Crippen LogP contribution in [-0.4, -0.2) is 16.0 Å². The van der Waals surface area contributed by atoms with Crippen LogP contribution in [0.1, 0.15) is 43.2 Å². The zero-order valence-electron chi connectivity index (χ0n) is 13.4. The zero-order valence-corrected chi connectivity index (χ0v) is 13.4. The van der Waals surface area contributed by atoms with Gasteiger partial charge in [-0.3, -0.25) is 0 Å². The molecule has 1 aliphatic carbocycles. The molecule has 0 unspecified atom stereocenters. The average molecular weight is 296 g/mol. The minimum absolute atomic E-state index is 0.553. The van der Waals surface area contributed by atoms with Crippen LogP contribution < -0.4 is 10.6 Å². The van der Waals surface area contributed by atoms with E-state index in [1.165, 1.54) is 43.2 Å². The monoisotopic (exact) mass is 296 g/mol. The summed E-state index contributed by atoms with van der Waals surface area (Å²) >= 11 is 0. The van der Waals surface area contributed by atoms with Crippen LogP contribution in [-0.2, 0) is 0 Å². The lowest BCUT2D eigenvalue weighted by molar-refractivity contribution is 0.462. The van der Waals surface area contributed by atoms with Crippen molar-refractivity contribution in [3.8, 4) is 0 Å². The molecule has 0 amide bonds. The van der Waals surface area contributed by atoms with E-state index in [1.54, 1.807) is 0 Å². The van der Waals surface area contributed by atoms with Crippen LogP contribution in [0.25, 0.3) is 0 Å². The number of nitrogens with one attached hydrogen (secondary N) is 2. The van der Waals surface area contributed by atoms with Crippen LogP contribution in [0.3, 0.4) is 0 Å². The van der Waals surface area contributed by atoms with Gasteiger partial charge in [-0.1, -0.05) is 37.0 Å². The average Bonchev–Trinajstić information content (AvgIpc) is 2.52. The summed E-state index contributed by atoms with van der Waals surface area (Å²) in [6.45, 7) is 4.20. The van der Waals surface area contributed by atoms with Crippen molar-refractivity contribution in [3.63, 3.8) is 0 Å². The van der Waals surface area contributed by atoms with Crippen LogP contribution in [0.2, 0.25) is 0 Å². The third-order valence-electron chi connectivity index (χ3n) is 4.24. The second-order valence-corrected chi connectivity index (χ2v) is 6.19. The summed E-state index contributed by atoms with van der Waals surface area (Å²) < 4.78 is 0. The van der Waals surface area contributed by atoms with Crippen LogP contribution in [0.5, 0.6) is 0 Å². The molecule has 0 bridgehead atoms. The lowest BCUT2D eigenvalue weighted by Crippen LogP contribution is -2.22. The molecule has 1 heterocycles. The predicted molar refractivity (Wildman–Crippen MR) is 91.7 cm³/mol. The molecule has 22 heavy (non-hydrogen) atoms. The molecule has 3 rings (SSSR count). The lowest BCUT2D eigenvalue weighted by Gasteiger charge is -2.23. The van der Waals surface area contributed by atoms with E-state index in [4.69, 9.17) is 0 Å². The van der Waals surface area contributed by atoms with Gasteiger partial charge in [-0.25, -0.2) is 4.98 Å². The second-order valence-electron chi connectivity index (χ2n) is 6.19. The van der Waals surface area contributed by atoms with E-state index in [-0.39, 0.29) is 0 Å². The van der Waals surface area contributed by atoms with Gasteiger partial charge in [0, 0.05) is 17.9 Å². The van der Waals surface area contributed by atoms with E-state index >= 15 is 0 Å². The fourth-order valence-electron chi connectivity index (χ4n) is 3.03. The van der Waals surface area contributed by atoms with Crippen LogP contribution in [0.15, 0.2) is 30.5 Å². The molecule has 4 heteroatoms. The summed E-state index contributed by atoms with van der Waals surface area (Å²) in [5.74, 6) is 1.56. The number of anilines is 3. The highest BCUT2D eigenvalue weighted by atomic mass is 15.1. The first-order chi connectivity index (χ1) is 10.7. The quantitative estimate of drug-likeness (QED) is 0.867. The summed E-state index contributed by atoms with van der Waals surface area (Å²) in [6, 6.07) is 8.83. The molecule has 0 atom stereocenters. The maximum absolute atomic E-state index is 4.59. The standard InChI is InChI=1S/C18H24N4/c1-13-8-9-16(14(2)12-13)21-18-19-11-10-17(22-18)20-15-6-4-3-5-7-15/h8-12,15H,3-7H2,1-2H3,(H2,19,20,21,22). The highest BCUT2D eigenvalue weighted by Crippen LogP contribution is 2.22. The minimum atomic E-state index is 0.553. The molecule has 2 N–H and O–H groups in total. The first-order valence-corrected chi connectivity index (χ1v) is 8.14. The van der Waals surface area contributed by atoms with Gasteiger partial charge in [-0.15, -0.1) is 0 Å². The van der Waals surface area contributed by atoms with Gasteiger partial charge in [0.05, 0.1) is 0 Å². The highest BCUT2D eigenvalue weighted by Gasteiger charge is 2.13. The highest BCUT2D eigenvalue weighted by molar-refractivity contribution is 5.59. The third-order valence-corrected chi connectivity index (χ3v) is 4.24. The van der Waals surface area contributed by atoms with Crippen LogP contribution in [0.4, 0.5) is 17.5 Å². The summed E-state index contributed by atoms with van der Waals surface area (Å²) in [4.78, 5) is 8.92. The van der Waals surface area contributed by atoms with E-state index in [2.05, 4.69) is 52.6 Å². The van der Waals surface area contributed by atoms with Gasteiger partial charge < -0.3 is 10.6 Å². The molecular weight excluding hydrogens is 272 g/mol. The number of benzene rings is 1. The first-order valence-electron chi connectivity index (χ1n) is 8.14. The van der Waals surface area contributed by atoms with Crippen molar-refractivity contribution in [1.82, 2.24) is 9.97 Å². The molecule has 1 fully saturated rings. The predicted octanol–water partition coefficient (Wildman–Crippen LogP) is 4.58. The van der Waals surface area contributed by atoms with E-state index < -0.39 is 0 Å². The van der Waals surface area contributed by atoms with Gasteiger partial charge in [0.15, 0.2) is 0 Å². The minimum Gasteiger partial charge on any atom is -0.367 e. The Bertz CT molecular complexity index is 633. The SMILES string of the molecule is Cc1ccc(Nc2nccc(NC3CCCCC3)n2)c(C)c1. The Morgan fingerprint density at radius 3 is 2.64 bits per heavy atom. The number of hydrogen-bond donors (Lipinski definition) is 2. The van der Waals surface area contributed by atoms with Gasteiger partial charge in [0.25, 0.3) is 0 Å². The van der Waals surface area contributed by atoms with Crippen molar-refractivity contribution in [1.29, 1.82) is 0 Å². The maximum atomic E-state index is 4.59. The molecule has 1 aromatic heterocycles. The molecule has 0 saturated heterocycles. The number of hydrogen-bond acceptors (Lipinski definition) is 4. The van der Waals surface area contributed by atoms with Crippen molar-refractivity contribution in [2.45, 2.75) is 52.0 Å². The first kappa shape index (κ1) is 14.8. The fourth-order valence-corrected chi connectivity index (χ4v) is 3.03. The van der Waals surface area contributed by atoms with Crippen molar-refractivity contribution in [3.05, 3.63) is 41.6 Å². The molecule has 1 aromatic carbocycles. The van der Waals surface area contributed by atoms with E-state index in [9.17, 15) is 0 Å². The van der Waals surface area contributed by atoms with Crippen molar-refractivity contribution in [2.24, 2.45) is 0 Å². The molecule has 1 saturated carbocycles. The number of aromatic nitrogens is 2. The molecule has 0 radical (unpaired) electrons. The number of aryl methyl sites for hydroxylation is 2. The largest absolute Gasteiger partial charge is 0.367 e. The van der Waals surface area contributed by atoms with Gasteiger partial charge in [-0.2, -0.15) is 4.98 Å². The number of nitrogens with zero attached hydrogens (tertiary/aromatic N) is 2.